The fraction of sp³-hybridized carbons (Fsp3) is 0.400. The molecule has 2 aromatic rings. The van der Waals surface area contributed by atoms with Gasteiger partial charge in [0.15, 0.2) is 0 Å². The first-order chi connectivity index (χ1) is 10.9. The molecule has 0 unspecified atom stereocenters. The number of hydrogen-bond acceptors (Lipinski definition) is 2. The summed E-state index contributed by atoms with van der Waals surface area (Å²) in [7, 11) is 0. The summed E-state index contributed by atoms with van der Waals surface area (Å²) in [6, 6.07) is 13.6. The lowest BCUT2D eigenvalue weighted by Crippen LogP contribution is -2.15. The third-order valence-electron chi connectivity index (χ3n) is 4.99. The molecule has 0 atom stereocenters. The molecule has 2 heteroatoms. The zero-order valence-electron chi connectivity index (χ0n) is 13.1. The van der Waals surface area contributed by atoms with E-state index in [-0.39, 0.29) is 0 Å². The standard InChI is InChI=1S/C20H24N2/c1-5-15-9-3-13-21-19(15)17(7-1)11-12-18-8-2-6-16-10-4-14-22-20(16)18/h1-2,5-8,21-22H,3-4,9-14H2. The molecule has 2 aromatic carbocycles. The fourth-order valence-corrected chi connectivity index (χ4v) is 3.85. The predicted octanol–water partition coefficient (Wildman–Crippen LogP) is 4.19. The lowest BCUT2D eigenvalue weighted by Gasteiger charge is -2.23. The zero-order chi connectivity index (χ0) is 14.8. The maximum Gasteiger partial charge on any atom is 0.0405 e. The number of para-hydroxylation sites is 2. The maximum absolute atomic E-state index is 3.61. The van der Waals surface area contributed by atoms with Crippen LogP contribution in [-0.4, -0.2) is 13.1 Å². The Morgan fingerprint density at radius 2 is 1.18 bits per heavy atom. The van der Waals surface area contributed by atoms with Crippen molar-refractivity contribution in [3.63, 3.8) is 0 Å². The Morgan fingerprint density at radius 1 is 0.682 bits per heavy atom. The summed E-state index contributed by atoms with van der Waals surface area (Å²) in [6.45, 7) is 2.23. The summed E-state index contributed by atoms with van der Waals surface area (Å²) in [6.07, 6.45) is 7.19. The zero-order valence-corrected chi connectivity index (χ0v) is 13.1. The van der Waals surface area contributed by atoms with Crippen molar-refractivity contribution < 1.29 is 0 Å². The minimum absolute atomic E-state index is 1.12. The fourth-order valence-electron chi connectivity index (χ4n) is 3.85. The van der Waals surface area contributed by atoms with Gasteiger partial charge in [-0.25, -0.2) is 0 Å². The van der Waals surface area contributed by atoms with Gasteiger partial charge in [0.2, 0.25) is 0 Å². The largest absolute Gasteiger partial charge is 0.385 e. The molecule has 0 amide bonds. The van der Waals surface area contributed by atoms with Crippen molar-refractivity contribution in [2.45, 2.75) is 38.5 Å². The van der Waals surface area contributed by atoms with E-state index in [9.17, 15) is 0 Å². The Morgan fingerprint density at radius 3 is 1.68 bits per heavy atom. The third-order valence-corrected chi connectivity index (χ3v) is 4.99. The van der Waals surface area contributed by atoms with Crippen molar-refractivity contribution in [3.05, 3.63) is 58.7 Å². The highest BCUT2D eigenvalue weighted by Gasteiger charge is 2.15. The molecule has 0 saturated carbocycles. The van der Waals surface area contributed by atoms with Crippen molar-refractivity contribution in [2.24, 2.45) is 0 Å². The smallest absolute Gasteiger partial charge is 0.0405 e. The number of nitrogens with one attached hydrogen (secondary N) is 2. The van der Waals surface area contributed by atoms with E-state index in [1.54, 1.807) is 0 Å². The van der Waals surface area contributed by atoms with Gasteiger partial charge in [0.05, 0.1) is 0 Å². The van der Waals surface area contributed by atoms with E-state index in [0.29, 0.717) is 0 Å². The molecule has 0 radical (unpaired) electrons. The van der Waals surface area contributed by atoms with Gasteiger partial charge in [-0.1, -0.05) is 36.4 Å². The average Bonchev–Trinajstić information content (AvgIpc) is 2.60. The van der Waals surface area contributed by atoms with Crippen LogP contribution < -0.4 is 10.6 Å². The van der Waals surface area contributed by atoms with Gasteiger partial charge in [-0.05, 0) is 60.8 Å². The highest BCUT2D eigenvalue weighted by atomic mass is 14.9. The summed E-state index contributed by atoms with van der Waals surface area (Å²) in [4.78, 5) is 0. The molecule has 0 bridgehead atoms. The third kappa shape index (κ3) is 2.58. The maximum atomic E-state index is 3.61. The molecular weight excluding hydrogens is 268 g/mol. The van der Waals surface area contributed by atoms with Gasteiger partial charge < -0.3 is 10.6 Å². The molecule has 0 fully saturated rings. The Labute approximate surface area is 132 Å². The average molecular weight is 292 g/mol. The van der Waals surface area contributed by atoms with E-state index in [4.69, 9.17) is 0 Å². The second-order valence-electron chi connectivity index (χ2n) is 6.46. The van der Waals surface area contributed by atoms with E-state index >= 15 is 0 Å². The van der Waals surface area contributed by atoms with E-state index in [2.05, 4.69) is 47.0 Å². The lowest BCUT2D eigenvalue weighted by atomic mass is 9.93. The van der Waals surface area contributed by atoms with Crippen LogP contribution in [0, 0.1) is 0 Å². The van der Waals surface area contributed by atoms with Gasteiger partial charge in [-0.3, -0.25) is 0 Å². The molecule has 4 rings (SSSR count). The lowest BCUT2D eigenvalue weighted by molar-refractivity contribution is 0.812. The van der Waals surface area contributed by atoms with Crippen LogP contribution in [0.5, 0.6) is 0 Å². The van der Waals surface area contributed by atoms with Crippen LogP contribution in [0.3, 0.4) is 0 Å². The highest BCUT2D eigenvalue weighted by Crippen LogP contribution is 2.30. The van der Waals surface area contributed by atoms with Crippen LogP contribution in [0.15, 0.2) is 36.4 Å². The number of anilines is 2. The van der Waals surface area contributed by atoms with Crippen molar-refractivity contribution in [1.82, 2.24) is 0 Å². The van der Waals surface area contributed by atoms with Gasteiger partial charge in [0, 0.05) is 24.5 Å². The highest BCUT2D eigenvalue weighted by molar-refractivity contribution is 5.61. The minimum Gasteiger partial charge on any atom is -0.385 e. The Bertz CT molecular complexity index is 616. The molecule has 22 heavy (non-hydrogen) atoms. The minimum atomic E-state index is 1.12. The summed E-state index contributed by atoms with van der Waals surface area (Å²) in [5, 5.41) is 7.23. The predicted molar refractivity (Wildman–Crippen MR) is 93.9 cm³/mol. The van der Waals surface area contributed by atoms with E-state index < -0.39 is 0 Å². The Kier molecular flexibility index (Phi) is 3.75. The number of hydrogen-bond donors (Lipinski definition) is 2. The van der Waals surface area contributed by atoms with E-state index in [0.717, 1.165) is 25.9 Å². The monoisotopic (exact) mass is 292 g/mol. The molecule has 0 aromatic heterocycles. The van der Waals surface area contributed by atoms with Crippen molar-refractivity contribution in [1.29, 1.82) is 0 Å². The number of aryl methyl sites for hydroxylation is 4. The molecule has 0 spiro atoms. The second kappa shape index (κ2) is 6.04. The van der Waals surface area contributed by atoms with Crippen molar-refractivity contribution in [3.8, 4) is 0 Å². The summed E-state index contributed by atoms with van der Waals surface area (Å²) >= 11 is 0. The van der Waals surface area contributed by atoms with Crippen LogP contribution in [0.25, 0.3) is 0 Å². The molecular formula is C20H24N2. The first-order valence-corrected chi connectivity index (χ1v) is 8.61. The molecule has 0 saturated heterocycles. The van der Waals surface area contributed by atoms with E-state index in [1.807, 2.05) is 0 Å². The number of fused-ring (bicyclic) bond motifs is 2. The molecule has 2 N–H and O–H groups in total. The molecule has 2 nitrogen and oxygen atoms in total. The molecule has 2 heterocycles. The van der Waals surface area contributed by atoms with Gasteiger partial charge in [-0.15, -0.1) is 0 Å². The number of benzene rings is 2. The van der Waals surface area contributed by atoms with Crippen LogP contribution in [-0.2, 0) is 25.7 Å². The van der Waals surface area contributed by atoms with Crippen LogP contribution >= 0.6 is 0 Å². The summed E-state index contributed by atoms with van der Waals surface area (Å²) in [5.41, 5.74) is 8.77. The van der Waals surface area contributed by atoms with Gasteiger partial charge >= 0.3 is 0 Å². The molecule has 2 aliphatic heterocycles. The molecule has 2 aliphatic rings. The SMILES string of the molecule is c1cc2c(c(CCc3cccc4c3NCCC4)c1)NCCC2. The summed E-state index contributed by atoms with van der Waals surface area (Å²) in [5.74, 6) is 0. The van der Waals surface area contributed by atoms with Gasteiger partial charge in [0.1, 0.15) is 0 Å². The van der Waals surface area contributed by atoms with E-state index in [1.165, 1.54) is 59.3 Å². The normalized spacial score (nSPS) is 16.2. The van der Waals surface area contributed by atoms with Crippen molar-refractivity contribution in [2.75, 3.05) is 23.7 Å². The number of rotatable bonds is 3. The molecule has 114 valence electrons. The second-order valence-corrected chi connectivity index (χ2v) is 6.46. The van der Waals surface area contributed by atoms with Crippen LogP contribution in [0.4, 0.5) is 11.4 Å². The van der Waals surface area contributed by atoms with Crippen molar-refractivity contribution >= 4 is 11.4 Å². The van der Waals surface area contributed by atoms with Crippen LogP contribution in [0.1, 0.15) is 35.1 Å². The Balaban J connectivity index is 1.56. The van der Waals surface area contributed by atoms with Gasteiger partial charge in [-0.2, -0.15) is 0 Å². The molecule has 0 aliphatic carbocycles. The van der Waals surface area contributed by atoms with Gasteiger partial charge in [0.25, 0.3) is 0 Å². The van der Waals surface area contributed by atoms with Crippen LogP contribution in [0.2, 0.25) is 0 Å². The Hall–Kier alpha value is -1.96. The summed E-state index contributed by atoms with van der Waals surface area (Å²) < 4.78 is 0. The topological polar surface area (TPSA) is 24.1 Å². The quantitative estimate of drug-likeness (QED) is 0.886. The first kappa shape index (κ1) is 13.7. The first-order valence-electron chi connectivity index (χ1n) is 8.61.